The third-order valence-electron chi connectivity index (χ3n) is 5.08. The Morgan fingerprint density at radius 3 is 2.03 bits per heavy atom. The Balaban J connectivity index is 1.82. The van der Waals surface area contributed by atoms with Crippen LogP contribution in [0.1, 0.15) is 22.3 Å². The van der Waals surface area contributed by atoms with Crippen molar-refractivity contribution in [1.82, 2.24) is 0 Å². The smallest absolute Gasteiger partial charge is 0.282 e. The molecule has 0 unspecified atom stereocenters. The molecule has 0 spiro atoms. The topological polar surface area (TPSA) is 49.4 Å². The highest BCUT2D eigenvalue weighted by Crippen LogP contribution is 2.34. The maximum atomic E-state index is 13.4. The predicted octanol–water partition coefficient (Wildman–Crippen LogP) is 5.01. The first-order valence-electron chi connectivity index (χ1n) is 9.55. The molecule has 1 N–H and O–H groups in total. The standard InChI is InChI=1S/C25H22N2O2/c1-16-9-12-20(13-10-16)27-24(28)22(19-7-5-4-6-8-19)23(25(27)29)26-21-14-11-17(2)15-18(21)3/h4-15,26H,1-3H3. The highest BCUT2D eigenvalue weighted by molar-refractivity contribution is 6.46. The molecule has 0 bridgehead atoms. The molecule has 0 atom stereocenters. The zero-order valence-electron chi connectivity index (χ0n) is 16.7. The number of nitrogens with zero attached hydrogens (tertiary/aromatic N) is 1. The van der Waals surface area contributed by atoms with Crippen molar-refractivity contribution in [3.05, 3.63) is 101 Å². The van der Waals surface area contributed by atoms with Gasteiger partial charge in [0.15, 0.2) is 0 Å². The molecule has 0 aromatic heterocycles. The largest absolute Gasteiger partial charge is 0.350 e. The lowest BCUT2D eigenvalue weighted by molar-refractivity contribution is -0.120. The molecule has 144 valence electrons. The Bertz CT molecular complexity index is 1130. The molecule has 4 rings (SSSR count). The zero-order valence-corrected chi connectivity index (χ0v) is 16.7. The highest BCUT2D eigenvalue weighted by Gasteiger charge is 2.40. The number of hydrogen-bond acceptors (Lipinski definition) is 3. The van der Waals surface area contributed by atoms with Gasteiger partial charge in [-0.3, -0.25) is 9.59 Å². The van der Waals surface area contributed by atoms with Crippen molar-refractivity contribution >= 4 is 28.8 Å². The average molecular weight is 382 g/mol. The van der Waals surface area contributed by atoms with Gasteiger partial charge in [0.2, 0.25) is 0 Å². The Kier molecular flexibility index (Phi) is 4.77. The molecular weight excluding hydrogens is 360 g/mol. The molecule has 0 fully saturated rings. The summed E-state index contributed by atoms with van der Waals surface area (Å²) in [6.07, 6.45) is 0. The summed E-state index contributed by atoms with van der Waals surface area (Å²) in [4.78, 5) is 27.9. The van der Waals surface area contributed by atoms with Crippen molar-refractivity contribution in [2.24, 2.45) is 0 Å². The summed E-state index contributed by atoms with van der Waals surface area (Å²) in [6.45, 7) is 5.98. The second kappa shape index (κ2) is 7.40. The van der Waals surface area contributed by atoms with Gasteiger partial charge in [-0.15, -0.1) is 0 Å². The van der Waals surface area contributed by atoms with E-state index < -0.39 is 0 Å². The van der Waals surface area contributed by atoms with Crippen LogP contribution in [0.25, 0.3) is 5.57 Å². The summed E-state index contributed by atoms with van der Waals surface area (Å²) in [6, 6.07) is 22.7. The maximum absolute atomic E-state index is 13.4. The molecule has 0 saturated carbocycles. The molecular formula is C25H22N2O2. The van der Waals surface area contributed by atoms with Gasteiger partial charge in [-0.1, -0.05) is 65.7 Å². The fourth-order valence-electron chi connectivity index (χ4n) is 3.54. The quantitative estimate of drug-likeness (QED) is 0.646. The number of nitrogens with one attached hydrogen (secondary N) is 1. The first kappa shape index (κ1) is 18.7. The average Bonchev–Trinajstić information content (AvgIpc) is 2.95. The molecule has 2 amide bonds. The van der Waals surface area contributed by atoms with E-state index in [1.165, 1.54) is 4.90 Å². The van der Waals surface area contributed by atoms with Gasteiger partial charge in [-0.05, 0) is 50.1 Å². The van der Waals surface area contributed by atoms with Crippen molar-refractivity contribution in [2.75, 3.05) is 10.2 Å². The van der Waals surface area contributed by atoms with Crippen LogP contribution >= 0.6 is 0 Å². The molecule has 3 aromatic rings. The van der Waals surface area contributed by atoms with Crippen LogP contribution in [0.2, 0.25) is 0 Å². The molecule has 4 nitrogen and oxygen atoms in total. The van der Waals surface area contributed by atoms with Crippen LogP contribution < -0.4 is 10.2 Å². The third kappa shape index (κ3) is 3.45. The molecule has 0 saturated heterocycles. The van der Waals surface area contributed by atoms with E-state index in [0.717, 1.165) is 22.4 Å². The van der Waals surface area contributed by atoms with E-state index in [9.17, 15) is 9.59 Å². The molecule has 3 aromatic carbocycles. The summed E-state index contributed by atoms with van der Waals surface area (Å²) in [5.41, 5.74) is 6.00. The first-order valence-corrected chi connectivity index (χ1v) is 9.55. The summed E-state index contributed by atoms with van der Waals surface area (Å²) in [5.74, 6) is -0.671. The highest BCUT2D eigenvalue weighted by atomic mass is 16.2. The van der Waals surface area contributed by atoms with Crippen molar-refractivity contribution in [3.63, 3.8) is 0 Å². The lowest BCUT2D eigenvalue weighted by atomic mass is 10.0. The molecule has 1 heterocycles. The number of carbonyl (C=O) groups is 2. The van der Waals surface area contributed by atoms with E-state index in [1.54, 1.807) is 12.1 Å². The Morgan fingerprint density at radius 2 is 1.38 bits per heavy atom. The number of imide groups is 1. The number of anilines is 2. The van der Waals surface area contributed by atoms with E-state index in [2.05, 4.69) is 5.32 Å². The van der Waals surface area contributed by atoms with Crippen LogP contribution in [0.5, 0.6) is 0 Å². The molecule has 1 aliphatic rings. The van der Waals surface area contributed by atoms with E-state index >= 15 is 0 Å². The van der Waals surface area contributed by atoms with E-state index in [4.69, 9.17) is 0 Å². The van der Waals surface area contributed by atoms with E-state index in [0.29, 0.717) is 22.5 Å². The number of rotatable bonds is 4. The van der Waals surface area contributed by atoms with Gasteiger partial charge in [0.25, 0.3) is 11.8 Å². The minimum atomic E-state index is -0.349. The van der Waals surface area contributed by atoms with Crippen LogP contribution in [-0.2, 0) is 9.59 Å². The fraction of sp³-hybridized carbons (Fsp3) is 0.120. The zero-order chi connectivity index (χ0) is 20.5. The first-order chi connectivity index (χ1) is 14.0. The number of aryl methyl sites for hydroxylation is 3. The van der Waals surface area contributed by atoms with Gasteiger partial charge >= 0.3 is 0 Å². The minimum Gasteiger partial charge on any atom is -0.350 e. The van der Waals surface area contributed by atoms with Crippen molar-refractivity contribution in [1.29, 1.82) is 0 Å². The Morgan fingerprint density at radius 1 is 0.724 bits per heavy atom. The van der Waals surface area contributed by atoms with Gasteiger partial charge < -0.3 is 5.32 Å². The Hall–Kier alpha value is -3.66. The number of hydrogen-bond donors (Lipinski definition) is 1. The van der Waals surface area contributed by atoms with Crippen molar-refractivity contribution in [2.45, 2.75) is 20.8 Å². The minimum absolute atomic E-state index is 0.300. The molecule has 1 aliphatic heterocycles. The lowest BCUT2D eigenvalue weighted by Gasteiger charge is -2.16. The summed E-state index contributed by atoms with van der Waals surface area (Å²) in [5, 5.41) is 3.24. The number of amides is 2. The van der Waals surface area contributed by atoms with Crippen molar-refractivity contribution < 1.29 is 9.59 Å². The van der Waals surface area contributed by atoms with Gasteiger partial charge in [-0.2, -0.15) is 0 Å². The number of benzene rings is 3. The maximum Gasteiger partial charge on any atom is 0.282 e. The summed E-state index contributed by atoms with van der Waals surface area (Å²) in [7, 11) is 0. The normalized spacial score (nSPS) is 14.0. The Labute approximate surface area is 170 Å². The van der Waals surface area contributed by atoms with Gasteiger partial charge in [0.05, 0.1) is 11.3 Å². The van der Waals surface area contributed by atoms with Gasteiger partial charge in [0, 0.05) is 5.69 Å². The summed E-state index contributed by atoms with van der Waals surface area (Å²) < 4.78 is 0. The SMILES string of the molecule is Cc1ccc(N2C(=O)C(Nc3ccc(C)cc3C)=C(c3ccccc3)C2=O)cc1. The van der Waals surface area contributed by atoms with Gasteiger partial charge in [-0.25, -0.2) is 4.90 Å². The fourth-order valence-corrected chi connectivity index (χ4v) is 3.54. The third-order valence-corrected chi connectivity index (χ3v) is 5.08. The second-order valence-electron chi connectivity index (χ2n) is 7.34. The van der Waals surface area contributed by atoms with Crippen LogP contribution in [0.15, 0.2) is 78.5 Å². The van der Waals surface area contributed by atoms with Crippen LogP contribution in [0.4, 0.5) is 11.4 Å². The van der Waals surface area contributed by atoms with E-state index in [1.807, 2.05) is 81.4 Å². The van der Waals surface area contributed by atoms with E-state index in [-0.39, 0.29) is 11.8 Å². The predicted molar refractivity (Wildman–Crippen MR) is 117 cm³/mol. The van der Waals surface area contributed by atoms with Crippen LogP contribution in [0, 0.1) is 20.8 Å². The van der Waals surface area contributed by atoms with Crippen LogP contribution in [-0.4, -0.2) is 11.8 Å². The van der Waals surface area contributed by atoms with Crippen LogP contribution in [0.3, 0.4) is 0 Å². The van der Waals surface area contributed by atoms with Crippen molar-refractivity contribution in [3.8, 4) is 0 Å². The second-order valence-corrected chi connectivity index (χ2v) is 7.34. The molecule has 4 heteroatoms. The lowest BCUT2D eigenvalue weighted by Crippen LogP contribution is -2.32. The summed E-state index contributed by atoms with van der Waals surface area (Å²) >= 11 is 0. The number of carbonyl (C=O) groups excluding carboxylic acids is 2. The molecule has 29 heavy (non-hydrogen) atoms. The molecule has 0 radical (unpaired) electrons. The van der Waals surface area contributed by atoms with Gasteiger partial charge in [0.1, 0.15) is 5.70 Å². The monoisotopic (exact) mass is 382 g/mol. The molecule has 0 aliphatic carbocycles.